The van der Waals surface area contributed by atoms with Crippen LogP contribution in [-0.4, -0.2) is 11.8 Å². The summed E-state index contributed by atoms with van der Waals surface area (Å²) in [4.78, 5) is 27.2. The van der Waals surface area contributed by atoms with Crippen LogP contribution in [-0.2, 0) is 0 Å². The molecule has 0 saturated carbocycles. The first-order valence-corrected chi connectivity index (χ1v) is 8.11. The highest BCUT2D eigenvalue weighted by molar-refractivity contribution is 6.46. The van der Waals surface area contributed by atoms with E-state index in [0.29, 0.717) is 37.6 Å². The molecule has 0 fully saturated rings. The number of rotatable bonds is 1. The van der Waals surface area contributed by atoms with Crippen molar-refractivity contribution < 1.29 is 9.59 Å². The smallest absolute Gasteiger partial charge is 0.265 e. The Labute approximate surface area is 148 Å². The van der Waals surface area contributed by atoms with E-state index in [2.05, 4.69) is 0 Å². The lowest BCUT2D eigenvalue weighted by molar-refractivity contribution is 0.0893. The van der Waals surface area contributed by atoms with Gasteiger partial charge in [-0.3, -0.25) is 9.59 Å². The Morgan fingerprint density at radius 2 is 1.29 bits per heavy atom. The molecule has 24 heavy (non-hydrogen) atoms. The van der Waals surface area contributed by atoms with Crippen LogP contribution in [0.15, 0.2) is 48.5 Å². The molecule has 0 aromatic heterocycles. The molecule has 0 atom stereocenters. The topological polar surface area (TPSA) is 37.4 Å². The second-order valence-corrected chi connectivity index (χ2v) is 6.49. The lowest BCUT2D eigenvalue weighted by Crippen LogP contribution is -2.40. The maximum absolute atomic E-state index is 13.0. The molecule has 0 bridgehead atoms. The Morgan fingerprint density at radius 1 is 0.750 bits per heavy atom. The fourth-order valence-corrected chi connectivity index (χ4v) is 3.70. The molecule has 0 unspecified atom stereocenters. The molecule has 0 aliphatic carbocycles. The quantitative estimate of drug-likeness (QED) is 0.558. The minimum atomic E-state index is -0.370. The summed E-state index contributed by atoms with van der Waals surface area (Å²) in [5.74, 6) is -0.739. The monoisotopic (exact) mass is 355 g/mol. The summed E-state index contributed by atoms with van der Waals surface area (Å²) in [6, 6.07) is 13.9. The summed E-state index contributed by atoms with van der Waals surface area (Å²) in [7, 11) is 0. The van der Waals surface area contributed by atoms with Crippen molar-refractivity contribution in [1.82, 2.24) is 0 Å². The van der Waals surface area contributed by atoms with Crippen LogP contribution in [0.25, 0.3) is 10.8 Å². The van der Waals surface area contributed by atoms with Crippen molar-refractivity contribution in [3.63, 3.8) is 0 Å². The predicted octanol–water partition coefficient (Wildman–Crippen LogP) is 5.26. The van der Waals surface area contributed by atoms with Crippen LogP contribution < -0.4 is 4.90 Å². The van der Waals surface area contributed by atoms with Crippen molar-refractivity contribution in [1.29, 1.82) is 0 Å². The van der Waals surface area contributed by atoms with E-state index < -0.39 is 0 Å². The summed E-state index contributed by atoms with van der Waals surface area (Å²) < 4.78 is 0. The molecule has 0 radical (unpaired) electrons. The summed E-state index contributed by atoms with van der Waals surface area (Å²) in [6.07, 6.45) is 0. The van der Waals surface area contributed by atoms with Crippen LogP contribution in [0.4, 0.5) is 5.69 Å². The number of para-hydroxylation sites is 1. The number of imide groups is 1. The fraction of sp³-hybridized carbons (Fsp3) is 0.0526. The van der Waals surface area contributed by atoms with E-state index >= 15 is 0 Å². The summed E-state index contributed by atoms with van der Waals surface area (Å²) in [5, 5.41) is 1.91. The second kappa shape index (κ2) is 5.33. The molecule has 1 aliphatic heterocycles. The summed E-state index contributed by atoms with van der Waals surface area (Å²) >= 11 is 12.5. The number of benzene rings is 3. The zero-order valence-electron chi connectivity index (χ0n) is 12.6. The van der Waals surface area contributed by atoms with Crippen LogP contribution in [0.5, 0.6) is 0 Å². The van der Waals surface area contributed by atoms with E-state index in [4.69, 9.17) is 23.2 Å². The maximum atomic E-state index is 13.0. The van der Waals surface area contributed by atoms with Gasteiger partial charge in [0.1, 0.15) is 0 Å². The highest BCUT2D eigenvalue weighted by Gasteiger charge is 2.35. The average Bonchev–Trinajstić information content (AvgIpc) is 2.56. The van der Waals surface area contributed by atoms with Crippen molar-refractivity contribution >= 4 is 51.5 Å². The third-order valence-corrected chi connectivity index (χ3v) is 4.91. The van der Waals surface area contributed by atoms with Gasteiger partial charge in [0.25, 0.3) is 11.8 Å². The van der Waals surface area contributed by atoms with Crippen molar-refractivity contribution in [2.45, 2.75) is 6.92 Å². The molecule has 4 rings (SSSR count). The maximum Gasteiger partial charge on any atom is 0.265 e. The lowest BCUT2D eigenvalue weighted by atomic mass is 9.93. The number of carbonyl (C=O) groups is 2. The highest BCUT2D eigenvalue weighted by atomic mass is 35.5. The lowest BCUT2D eigenvalue weighted by Gasteiger charge is -2.28. The van der Waals surface area contributed by atoms with Gasteiger partial charge in [-0.1, -0.05) is 41.4 Å². The molecular formula is C19H11Cl2NO2. The van der Waals surface area contributed by atoms with Gasteiger partial charge < -0.3 is 0 Å². The molecule has 2 amide bonds. The molecule has 1 heterocycles. The molecule has 0 N–H and O–H groups in total. The van der Waals surface area contributed by atoms with Crippen LogP contribution in [0.2, 0.25) is 10.0 Å². The van der Waals surface area contributed by atoms with Gasteiger partial charge in [0.15, 0.2) is 0 Å². The first kappa shape index (κ1) is 15.2. The third-order valence-electron chi connectivity index (χ3n) is 4.28. The molecule has 118 valence electrons. The average molecular weight is 356 g/mol. The first-order valence-electron chi connectivity index (χ1n) is 7.36. The van der Waals surface area contributed by atoms with Crippen molar-refractivity contribution in [2.24, 2.45) is 0 Å². The van der Waals surface area contributed by atoms with Crippen LogP contribution in [0.3, 0.4) is 0 Å². The zero-order valence-corrected chi connectivity index (χ0v) is 14.2. The number of carbonyl (C=O) groups excluding carboxylic acids is 2. The van der Waals surface area contributed by atoms with Crippen molar-refractivity contribution in [3.05, 3.63) is 75.3 Å². The van der Waals surface area contributed by atoms with Crippen molar-refractivity contribution in [2.75, 3.05) is 4.90 Å². The normalized spacial score (nSPS) is 13.7. The molecule has 1 aliphatic rings. The van der Waals surface area contributed by atoms with E-state index in [-0.39, 0.29) is 11.8 Å². The van der Waals surface area contributed by atoms with E-state index in [1.165, 1.54) is 4.90 Å². The molecule has 3 nitrogen and oxygen atoms in total. The molecule has 0 spiro atoms. The number of aryl methyl sites for hydroxylation is 1. The van der Waals surface area contributed by atoms with E-state index in [1.807, 2.05) is 19.1 Å². The Bertz CT molecular complexity index is 986. The van der Waals surface area contributed by atoms with Gasteiger partial charge in [-0.05, 0) is 42.8 Å². The summed E-state index contributed by atoms with van der Waals surface area (Å²) in [6.45, 7) is 1.87. The number of anilines is 1. The van der Waals surface area contributed by atoms with E-state index in [0.717, 1.165) is 5.56 Å². The molecular weight excluding hydrogens is 345 g/mol. The van der Waals surface area contributed by atoms with E-state index in [9.17, 15) is 9.59 Å². The third kappa shape index (κ3) is 1.98. The van der Waals surface area contributed by atoms with Gasteiger partial charge in [-0.15, -0.1) is 0 Å². The Balaban J connectivity index is 2.06. The van der Waals surface area contributed by atoms with Gasteiger partial charge in [0.05, 0.1) is 5.69 Å². The number of nitrogens with zero attached hydrogens (tertiary/aromatic N) is 1. The standard InChI is InChI=1S/C19H11Cl2NO2/c1-10-4-2-3-5-15(10)22-18(23)11-6-8-13(20)17-14(21)9-7-12(16(11)17)19(22)24/h2-9H,1H3. The largest absolute Gasteiger partial charge is 0.268 e. The SMILES string of the molecule is Cc1ccccc1N1C(=O)c2ccc(Cl)c3c(Cl)ccc(c23)C1=O. The van der Waals surface area contributed by atoms with Crippen molar-refractivity contribution in [3.8, 4) is 0 Å². The van der Waals surface area contributed by atoms with Crippen LogP contribution in [0.1, 0.15) is 26.3 Å². The second-order valence-electron chi connectivity index (χ2n) is 5.67. The molecule has 5 heteroatoms. The first-order chi connectivity index (χ1) is 11.5. The molecule has 0 saturated heterocycles. The number of hydrogen-bond acceptors (Lipinski definition) is 2. The minimum absolute atomic E-state index is 0.370. The van der Waals surface area contributed by atoms with E-state index in [1.54, 1.807) is 36.4 Å². The Kier molecular flexibility index (Phi) is 3.37. The number of hydrogen-bond donors (Lipinski definition) is 0. The highest BCUT2D eigenvalue weighted by Crippen LogP contribution is 2.39. The summed E-state index contributed by atoms with van der Waals surface area (Å²) in [5.41, 5.74) is 2.28. The molecule has 3 aromatic carbocycles. The van der Waals surface area contributed by atoms with Gasteiger partial charge in [-0.25, -0.2) is 4.90 Å². The predicted molar refractivity (Wildman–Crippen MR) is 96.3 cm³/mol. The number of amides is 2. The van der Waals surface area contributed by atoms with Gasteiger partial charge in [0, 0.05) is 31.9 Å². The van der Waals surface area contributed by atoms with Crippen LogP contribution in [0, 0.1) is 6.92 Å². The van der Waals surface area contributed by atoms with Crippen LogP contribution >= 0.6 is 23.2 Å². The fourth-order valence-electron chi connectivity index (χ4n) is 3.14. The number of halogens is 2. The zero-order chi connectivity index (χ0) is 17.0. The Hall–Kier alpha value is -2.36. The van der Waals surface area contributed by atoms with Gasteiger partial charge in [-0.2, -0.15) is 0 Å². The Morgan fingerprint density at radius 3 is 1.83 bits per heavy atom. The van der Waals surface area contributed by atoms with Gasteiger partial charge in [0.2, 0.25) is 0 Å². The minimum Gasteiger partial charge on any atom is -0.268 e. The molecule has 3 aromatic rings. The van der Waals surface area contributed by atoms with Gasteiger partial charge >= 0.3 is 0 Å².